The lowest BCUT2D eigenvalue weighted by Crippen LogP contribution is -2.50. The van der Waals surface area contributed by atoms with E-state index in [0.29, 0.717) is 11.8 Å². The Bertz CT molecular complexity index is 373. The van der Waals surface area contributed by atoms with Gasteiger partial charge >= 0.3 is 0 Å². The zero-order valence-electron chi connectivity index (χ0n) is 11.2. The van der Waals surface area contributed by atoms with Crippen LogP contribution in [0.15, 0.2) is 17.5 Å². The molecule has 1 unspecified atom stereocenters. The molecular weight excluding hydrogens is 244 g/mol. The Kier molecular flexibility index (Phi) is 4.78. The van der Waals surface area contributed by atoms with Crippen molar-refractivity contribution in [1.82, 2.24) is 10.2 Å². The maximum Gasteiger partial charge on any atom is 0.225 e. The Morgan fingerprint density at radius 2 is 2.39 bits per heavy atom. The topological polar surface area (TPSA) is 32.3 Å². The van der Waals surface area contributed by atoms with Gasteiger partial charge in [-0.05, 0) is 43.8 Å². The minimum atomic E-state index is 0.162. The number of rotatable bonds is 6. The third-order valence-corrected chi connectivity index (χ3v) is 4.75. The van der Waals surface area contributed by atoms with Crippen LogP contribution in [0.25, 0.3) is 0 Å². The predicted octanol–water partition coefficient (Wildman–Crippen LogP) is 1.99. The third kappa shape index (κ3) is 3.12. The molecule has 1 amide bonds. The molecular formula is C14H22N2OS. The van der Waals surface area contributed by atoms with Crippen LogP contribution in [0.1, 0.15) is 18.7 Å². The standard InChI is InChI=1S/C14H22N2OS/c1-3-16(7-6-13-5-4-8-18-13)14(17)11(2)12-9-15-10-12/h4-5,8,11-12,15H,3,6-7,9-10H2,1-2H3. The van der Waals surface area contributed by atoms with E-state index in [-0.39, 0.29) is 5.92 Å². The molecule has 4 heteroatoms. The number of hydrogen-bond donors (Lipinski definition) is 1. The fourth-order valence-corrected chi connectivity index (χ4v) is 2.98. The molecule has 1 aromatic rings. The second kappa shape index (κ2) is 6.34. The summed E-state index contributed by atoms with van der Waals surface area (Å²) in [4.78, 5) is 15.7. The maximum absolute atomic E-state index is 12.4. The molecule has 3 nitrogen and oxygen atoms in total. The highest BCUT2D eigenvalue weighted by molar-refractivity contribution is 7.09. The van der Waals surface area contributed by atoms with Gasteiger partial charge in [0.25, 0.3) is 0 Å². The highest BCUT2D eigenvalue weighted by Crippen LogP contribution is 2.19. The average Bonchev–Trinajstić information content (AvgIpc) is 2.80. The van der Waals surface area contributed by atoms with Crippen LogP contribution in [0.2, 0.25) is 0 Å². The van der Waals surface area contributed by atoms with Crippen molar-refractivity contribution in [2.24, 2.45) is 11.8 Å². The summed E-state index contributed by atoms with van der Waals surface area (Å²) in [5.41, 5.74) is 0. The summed E-state index contributed by atoms with van der Waals surface area (Å²) in [6.07, 6.45) is 0.979. The lowest BCUT2D eigenvalue weighted by Gasteiger charge is -2.34. The van der Waals surface area contributed by atoms with Crippen molar-refractivity contribution < 1.29 is 4.79 Å². The van der Waals surface area contributed by atoms with Gasteiger partial charge in [0, 0.05) is 23.9 Å². The first-order chi connectivity index (χ1) is 8.72. The fourth-order valence-electron chi connectivity index (χ4n) is 2.28. The Labute approximate surface area is 113 Å². The van der Waals surface area contributed by atoms with Crippen molar-refractivity contribution in [2.75, 3.05) is 26.2 Å². The monoisotopic (exact) mass is 266 g/mol. The molecule has 1 aliphatic heterocycles. The van der Waals surface area contributed by atoms with E-state index >= 15 is 0 Å². The lowest BCUT2D eigenvalue weighted by atomic mass is 9.88. The van der Waals surface area contributed by atoms with E-state index in [9.17, 15) is 4.79 Å². The average molecular weight is 266 g/mol. The van der Waals surface area contributed by atoms with Gasteiger partial charge in [0.1, 0.15) is 0 Å². The van der Waals surface area contributed by atoms with Crippen molar-refractivity contribution in [3.63, 3.8) is 0 Å². The second-order valence-corrected chi connectivity index (χ2v) is 5.99. The molecule has 1 atom stereocenters. The number of nitrogens with one attached hydrogen (secondary N) is 1. The zero-order valence-corrected chi connectivity index (χ0v) is 12.0. The van der Waals surface area contributed by atoms with Crippen molar-refractivity contribution >= 4 is 17.2 Å². The van der Waals surface area contributed by atoms with Gasteiger partial charge in [0.2, 0.25) is 5.91 Å². The van der Waals surface area contributed by atoms with Crippen LogP contribution in [0.3, 0.4) is 0 Å². The third-order valence-electron chi connectivity index (χ3n) is 3.81. The summed E-state index contributed by atoms with van der Waals surface area (Å²) >= 11 is 1.77. The molecule has 1 N–H and O–H groups in total. The lowest BCUT2D eigenvalue weighted by molar-refractivity contribution is -0.137. The van der Waals surface area contributed by atoms with Crippen molar-refractivity contribution in [3.05, 3.63) is 22.4 Å². The van der Waals surface area contributed by atoms with Gasteiger partial charge in [-0.3, -0.25) is 4.79 Å². The molecule has 0 radical (unpaired) electrons. The van der Waals surface area contributed by atoms with Gasteiger partial charge in [-0.15, -0.1) is 11.3 Å². The van der Waals surface area contributed by atoms with E-state index in [1.165, 1.54) is 4.88 Å². The summed E-state index contributed by atoms with van der Waals surface area (Å²) in [5, 5.41) is 5.33. The molecule has 2 rings (SSSR count). The molecule has 0 spiro atoms. The molecule has 1 saturated heterocycles. The van der Waals surface area contributed by atoms with E-state index in [4.69, 9.17) is 0 Å². The first-order valence-electron chi connectivity index (χ1n) is 6.74. The summed E-state index contributed by atoms with van der Waals surface area (Å²) in [6.45, 7) is 7.79. The van der Waals surface area contributed by atoms with Crippen LogP contribution in [0, 0.1) is 11.8 Å². The second-order valence-electron chi connectivity index (χ2n) is 4.95. The normalized spacial score (nSPS) is 17.2. The summed E-state index contributed by atoms with van der Waals surface area (Å²) in [5.74, 6) is 1.02. The Morgan fingerprint density at radius 1 is 1.61 bits per heavy atom. The molecule has 1 aliphatic rings. The zero-order chi connectivity index (χ0) is 13.0. The predicted molar refractivity (Wildman–Crippen MR) is 75.8 cm³/mol. The minimum Gasteiger partial charge on any atom is -0.342 e. The first kappa shape index (κ1) is 13.6. The Balaban J connectivity index is 1.84. The van der Waals surface area contributed by atoms with Crippen molar-refractivity contribution in [3.8, 4) is 0 Å². The minimum absolute atomic E-state index is 0.162. The van der Waals surface area contributed by atoms with Gasteiger partial charge in [0.15, 0.2) is 0 Å². The van der Waals surface area contributed by atoms with Gasteiger partial charge in [-0.1, -0.05) is 13.0 Å². The number of hydrogen-bond acceptors (Lipinski definition) is 3. The molecule has 18 heavy (non-hydrogen) atoms. The highest BCUT2D eigenvalue weighted by atomic mass is 32.1. The molecule has 0 saturated carbocycles. The summed E-state index contributed by atoms with van der Waals surface area (Å²) in [7, 11) is 0. The van der Waals surface area contributed by atoms with Crippen LogP contribution >= 0.6 is 11.3 Å². The van der Waals surface area contributed by atoms with Crippen LogP contribution in [-0.4, -0.2) is 37.0 Å². The number of amides is 1. The maximum atomic E-state index is 12.4. The van der Waals surface area contributed by atoms with Crippen LogP contribution in [0.5, 0.6) is 0 Å². The van der Waals surface area contributed by atoms with E-state index < -0.39 is 0 Å². The Morgan fingerprint density at radius 3 is 2.89 bits per heavy atom. The van der Waals surface area contributed by atoms with Gasteiger partial charge < -0.3 is 10.2 Å². The van der Waals surface area contributed by atoms with Crippen LogP contribution in [0.4, 0.5) is 0 Å². The van der Waals surface area contributed by atoms with Crippen molar-refractivity contribution in [1.29, 1.82) is 0 Å². The SMILES string of the molecule is CCN(CCc1cccs1)C(=O)C(C)C1CNC1. The number of carbonyl (C=O) groups excluding carboxylic acids is 1. The number of likely N-dealkylation sites (N-methyl/N-ethyl adjacent to an activating group) is 1. The molecule has 0 aliphatic carbocycles. The summed E-state index contributed by atoms with van der Waals surface area (Å²) in [6, 6.07) is 4.21. The molecule has 0 bridgehead atoms. The van der Waals surface area contributed by atoms with Crippen molar-refractivity contribution in [2.45, 2.75) is 20.3 Å². The molecule has 100 valence electrons. The molecule has 1 fully saturated rings. The van der Waals surface area contributed by atoms with Crippen LogP contribution < -0.4 is 5.32 Å². The number of carbonyl (C=O) groups is 1. The van der Waals surface area contributed by atoms with E-state index in [1.54, 1.807) is 11.3 Å². The van der Waals surface area contributed by atoms with Gasteiger partial charge in [-0.25, -0.2) is 0 Å². The number of nitrogens with zero attached hydrogens (tertiary/aromatic N) is 1. The number of thiophene rings is 1. The smallest absolute Gasteiger partial charge is 0.225 e. The first-order valence-corrected chi connectivity index (χ1v) is 7.62. The van der Waals surface area contributed by atoms with E-state index in [2.05, 4.69) is 36.7 Å². The largest absolute Gasteiger partial charge is 0.342 e. The van der Waals surface area contributed by atoms with Gasteiger partial charge in [0.05, 0.1) is 0 Å². The quantitative estimate of drug-likeness (QED) is 0.854. The van der Waals surface area contributed by atoms with Gasteiger partial charge in [-0.2, -0.15) is 0 Å². The molecule has 2 heterocycles. The fraction of sp³-hybridized carbons (Fsp3) is 0.643. The summed E-state index contributed by atoms with van der Waals surface area (Å²) < 4.78 is 0. The molecule has 0 aromatic carbocycles. The van der Waals surface area contributed by atoms with Crippen LogP contribution in [-0.2, 0) is 11.2 Å². The van der Waals surface area contributed by atoms with E-state index in [0.717, 1.165) is 32.6 Å². The Hall–Kier alpha value is -0.870. The highest BCUT2D eigenvalue weighted by Gasteiger charge is 2.30. The van der Waals surface area contributed by atoms with E-state index in [1.807, 2.05) is 4.90 Å². The molecule has 1 aromatic heterocycles.